The molecular formula is C7H18N2S. The average Bonchev–Trinajstić information content (AvgIpc) is 1.81. The first-order valence-corrected chi connectivity index (χ1v) is 4.13. The number of hydrogen-bond acceptors (Lipinski definition) is 3. The summed E-state index contributed by atoms with van der Waals surface area (Å²) in [6, 6.07) is 0.568. The van der Waals surface area contributed by atoms with E-state index in [2.05, 4.69) is 50.6 Å². The largest absolute Gasteiger partial charge is 0.308 e. The molecule has 1 atom stereocenters. The van der Waals surface area contributed by atoms with Crippen molar-refractivity contribution < 1.29 is 0 Å². The van der Waals surface area contributed by atoms with E-state index >= 15 is 0 Å². The summed E-state index contributed by atoms with van der Waals surface area (Å²) in [4.78, 5) is 4.38. The molecule has 2 nitrogen and oxygen atoms in total. The Hall–Kier alpha value is 0.270. The van der Waals surface area contributed by atoms with Crippen LogP contribution < -0.4 is 0 Å². The van der Waals surface area contributed by atoms with Gasteiger partial charge < -0.3 is 9.80 Å². The van der Waals surface area contributed by atoms with Gasteiger partial charge in [0.15, 0.2) is 0 Å². The van der Waals surface area contributed by atoms with Crippen molar-refractivity contribution in [1.82, 2.24) is 9.80 Å². The van der Waals surface area contributed by atoms with Crippen LogP contribution in [0.1, 0.15) is 0 Å². The number of rotatable bonds is 4. The van der Waals surface area contributed by atoms with E-state index in [4.69, 9.17) is 0 Å². The molecule has 0 bridgehead atoms. The van der Waals surface area contributed by atoms with Gasteiger partial charge in [0, 0.05) is 18.3 Å². The molecule has 62 valence electrons. The number of hydrogen-bond donors (Lipinski definition) is 1. The monoisotopic (exact) mass is 162 g/mol. The Labute approximate surface area is 69.6 Å². The molecule has 0 N–H and O–H groups in total. The molecular weight excluding hydrogens is 144 g/mol. The van der Waals surface area contributed by atoms with Crippen LogP contribution in [0, 0.1) is 0 Å². The molecule has 0 aliphatic heterocycles. The summed E-state index contributed by atoms with van der Waals surface area (Å²) in [5.74, 6) is 0.922. The molecule has 0 aromatic carbocycles. The van der Waals surface area contributed by atoms with Crippen LogP contribution >= 0.6 is 12.6 Å². The van der Waals surface area contributed by atoms with E-state index in [1.54, 1.807) is 0 Å². The topological polar surface area (TPSA) is 6.48 Å². The van der Waals surface area contributed by atoms with Crippen molar-refractivity contribution in [2.75, 3.05) is 40.5 Å². The maximum absolute atomic E-state index is 4.26. The van der Waals surface area contributed by atoms with Gasteiger partial charge in [-0.1, -0.05) is 0 Å². The molecule has 0 saturated heterocycles. The second-order valence-electron chi connectivity index (χ2n) is 3.06. The van der Waals surface area contributed by atoms with Crippen LogP contribution in [0.5, 0.6) is 0 Å². The van der Waals surface area contributed by atoms with Crippen molar-refractivity contribution in [3.63, 3.8) is 0 Å². The molecule has 0 fully saturated rings. The lowest BCUT2D eigenvalue weighted by Gasteiger charge is -2.25. The van der Waals surface area contributed by atoms with Crippen molar-refractivity contribution in [1.29, 1.82) is 0 Å². The van der Waals surface area contributed by atoms with E-state index in [0.29, 0.717) is 6.04 Å². The van der Waals surface area contributed by atoms with Gasteiger partial charge in [-0.25, -0.2) is 0 Å². The Bertz CT molecular complexity index is 83.7. The fourth-order valence-corrected chi connectivity index (χ4v) is 1.25. The van der Waals surface area contributed by atoms with Gasteiger partial charge in [-0.2, -0.15) is 12.6 Å². The summed E-state index contributed by atoms with van der Waals surface area (Å²) in [6.07, 6.45) is 0. The molecule has 0 aromatic heterocycles. The third-order valence-corrected chi connectivity index (χ3v) is 1.94. The zero-order valence-electron chi connectivity index (χ0n) is 7.33. The third kappa shape index (κ3) is 4.14. The fourth-order valence-electron chi connectivity index (χ4n) is 0.806. The normalized spacial score (nSPS) is 14.7. The minimum atomic E-state index is 0.568. The van der Waals surface area contributed by atoms with Gasteiger partial charge in [0.1, 0.15) is 0 Å². The standard InChI is InChI=1S/C7H18N2S/c1-8(2)5-7(6-10)9(3)4/h7,10H,5-6H2,1-4H3. The number of thiol groups is 1. The predicted molar refractivity (Wildman–Crippen MR) is 49.9 cm³/mol. The third-order valence-electron chi connectivity index (χ3n) is 1.52. The van der Waals surface area contributed by atoms with Gasteiger partial charge in [-0.15, -0.1) is 0 Å². The van der Waals surface area contributed by atoms with Crippen LogP contribution in [0.3, 0.4) is 0 Å². The van der Waals surface area contributed by atoms with Crippen molar-refractivity contribution >= 4 is 12.6 Å². The molecule has 0 radical (unpaired) electrons. The zero-order valence-corrected chi connectivity index (χ0v) is 8.23. The summed E-state index contributed by atoms with van der Waals surface area (Å²) >= 11 is 4.26. The molecule has 0 aromatic rings. The molecule has 0 aliphatic rings. The predicted octanol–water partition coefficient (Wildman–Crippen LogP) is 0.408. The van der Waals surface area contributed by atoms with Crippen LogP contribution in [-0.2, 0) is 0 Å². The lowest BCUT2D eigenvalue weighted by Crippen LogP contribution is -2.38. The quantitative estimate of drug-likeness (QED) is 0.598. The second-order valence-corrected chi connectivity index (χ2v) is 3.43. The van der Waals surface area contributed by atoms with Crippen LogP contribution in [0.2, 0.25) is 0 Å². The highest BCUT2D eigenvalue weighted by molar-refractivity contribution is 7.80. The molecule has 0 spiro atoms. The Morgan fingerprint density at radius 2 is 1.70 bits per heavy atom. The molecule has 3 heteroatoms. The van der Waals surface area contributed by atoms with Crippen LogP contribution in [0.25, 0.3) is 0 Å². The van der Waals surface area contributed by atoms with Gasteiger partial charge in [0.05, 0.1) is 0 Å². The van der Waals surface area contributed by atoms with Gasteiger partial charge in [0.2, 0.25) is 0 Å². The van der Waals surface area contributed by atoms with E-state index in [-0.39, 0.29) is 0 Å². The number of likely N-dealkylation sites (N-methyl/N-ethyl adjacent to an activating group) is 2. The molecule has 1 unspecified atom stereocenters. The maximum atomic E-state index is 4.26. The van der Waals surface area contributed by atoms with E-state index in [9.17, 15) is 0 Å². The first-order valence-electron chi connectivity index (χ1n) is 3.50. The lowest BCUT2D eigenvalue weighted by molar-refractivity contribution is 0.248. The van der Waals surface area contributed by atoms with E-state index < -0.39 is 0 Å². The molecule has 0 rings (SSSR count). The molecule has 0 aliphatic carbocycles. The SMILES string of the molecule is CN(C)CC(CS)N(C)C. The first-order chi connectivity index (χ1) is 4.57. The summed E-state index contributed by atoms with van der Waals surface area (Å²) in [5, 5.41) is 0. The van der Waals surface area contributed by atoms with E-state index in [1.807, 2.05) is 0 Å². The number of nitrogens with zero attached hydrogens (tertiary/aromatic N) is 2. The Morgan fingerprint density at radius 1 is 1.20 bits per heavy atom. The first kappa shape index (κ1) is 10.3. The second kappa shape index (κ2) is 4.99. The Morgan fingerprint density at radius 3 is 1.80 bits per heavy atom. The van der Waals surface area contributed by atoms with E-state index in [0.717, 1.165) is 12.3 Å². The molecule has 0 amide bonds. The van der Waals surface area contributed by atoms with Crippen molar-refractivity contribution in [3.8, 4) is 0 Å². The minimum Gasteiger partial charge on any atom is -0.308 e. The average molecular weight is 162 g/mol. The molecule has 10 heavy (non-hydrogen) atoms. The van der Waals surface area contributed by atoms with Gasteiger partial charge in [-0.05, 0) is 28.2 Å². The van der Waals surface area contributed by atoms with Crippen LogP contribution in [0.4, 0.5) is 0 Å². The minimum absolute atomic E-state index is 0.568. The highest BCUT2D eigenvalue weighted by Crippen LogP contribution is 1.96. The lowest BCUT2D eigenvalue weighted by atomic mass is 10.3. The van der Waals surface area contributed by atoms with E-state index in [1.165, 1.54) is 0 Å². The van der Waals surface area contributed by atoms with Crippen LogP contribution in [-0.4, -0.2) is 56.3 Å². The van der Waals surface area contributed by atoms with Gasteiger partial charge >= 0.3 is 0 Å². The molecule has 0 saturated carbocycles. The zero-order chi connectivity index (χ0) is 8.15. The van der Waals surface area contributed by atoms with Gasteiger partial charge in [-0.3, -0.25) is 0 Å². The Balaban J connectivity index is 3.60. The highest BCUT2D eigenvalue weighted by Gasteiger charge is 2.08. The summed E-state index contributed by atoms with van der Waals surface area (Å²) < 4.78 is 0. The fraction of sp³-hybridized carbons (Fsp3) is 1.00. The maximum Gasteiger partial charge on any atom is 0.0304 e. The summed E-state index contributed by atoms with van der Waals surface area (Å²) in [5.41, 5.74) is 0. The highest BCUT2D eigenvalue weighted by atomic mass is 32.1. The Kier molecular flexibility index (Phi) is 5.13. The van der Waals surface area contributed by atoms with Crippen molar-refractivity contribution in [2.45, 2.75) is 6.04 Å². The summed E-state index contributed by atoms with van der Waals surface area (Å²) in [7, 11) is 8.34. The van der Waals surface area contributed by atoms with Gasteiger partial charge in [0.25, 0.3) is 0 Å². The smallest absolute Gasteiger partial charge is 0.0304 e. The van der Waals surface area contributed by atoms with Crippen molar-refractivity contribution in [3.05, 3.63) is 0 Å². The summed E-state index contributed by atoms with van der Waals surface area (Å²) in [6.45, 7) is 1.08. The molecule has 0 heterocycles. The van der Waals surface area contributed by atoms with Crippen molar-refractivity contribution in [2.24, 2.45) is 0 Å². The van der Waals surface area contributed by atoms with Crippen LogP contribution in [0.15, 0.2) is 0 Å².